The van der Waals surface area contributed by atoms with Crippen LogP contribution in [0.4, 0.5) is 0 Å². The molecule has 0 aliphatic heterocycles. The summed E-state index contributed by atoms with van der Waals surface area (Å²) in [6.45, 7) is 0. The molecule has 0 amide bonds. The lowest BCUT2D eigenvalue weighted by atomic mass is 10.1. The molecule has 5 heteroatoms. The Morgan fingerprint density at radius 2 is 2.00 bits per heavy atom. The van der Waals surface area contributed by atoms with Crippen LogP contribution in [0, 0.1) is 3.57 Å². The van der Waals surface area contributed by atoms with Gasteiger partial charge < -0.3 is 9.47 Å². The number of nitrogens with zero attached hydrogens (tertiary/aromatic N) is 1. The second-order valence-corrected chi connectivity index (χ2v) is 5.15. The molecule has 0 fully saturated rings. The molecule has 0 radical (unpaired) electrons. The third-order valence-corrected chi connectivity index (χ3v) is 3.70. The Bertz CT molecular complexity index is 545. The smallest absolute Gasteiger partial charge is 0.142 e. The third-order valence-electron chi connectivity index (χ3n) is 2.29. The quantitative estimate of drug-likeness (QED) is 0.730. The van der Waals surface area contributed by atoms with Crippen molar-refractivity contribution in [1.82, 2.24) is 4.98 Å². The van der Waals surface area contributed by atoms with E-state index in [4.69, 9.17) is 9.47 Å². The molecule has 0 bridgehead atoms. The Labute approximate surface area is 115 Å². The molecule has 84 valence electrons. The maximum atomic E-state index is 5.40. The number of methoxy groups -OCH3 is 2. The Hall–Kier alpha value is -0.560. The van der Waals surface area contributed by atoms with Crippen LogP contribution in [-0.2, 0) is 0 Å². The van der Waals surface area contributed by atoms with Gasteiger partial charge in [-0.1, -0.05) is 0 Å². The second kappa shape index (κ2) is 4.75. The van der Waals surface area contributed by atoms with Crippen molar-refractivity contribution in [3.63, 3.8) is 0 Å². The molecule has 3 nitrogen and oxygen atoms in total. The molecule has 2 rings (SSSR count). The first-order valence-corrected chi connectivity index (χ1v) is 6.40. The SMILES string of the molecule is COc1cc(Br)c(OC)c2c(I)cncc12. The van der Waals surface area contributed by atoms with Crippen molar-refractivity contribution < 1.29 is 9.47 Å². The second-order valence-electron chi connectivity index (χ2n) is 3.14. The van der Waals surface area contributed by atoms with Crippen LogP contribution in [0.5, 0.6) is 11.5 Å². The summed E-state index contributed by atoms with van der Waals surface area (Å²) in [6, 6.07) is 1.89. The molecule has 0 spiro atoms. The summed E-state index contributed by atoms with van der Waals surface area (Å²) in [4.78, 5) is 4.17. The Morgan fingerprint density at radius 1 is 1.25 bits per heavy atom. The lowest BCUT2D eigenvalue weighted by Crippen LogP contribution is -1.93. The van der Waals surface area contributed by atoms with E-state index in [1.807, 2.05) is 6.07 Å². The first-order chi connectivity index (χ1) is 7.69. The van der Waals surface area contributed by atoms with E-state index in [1.165, 1.54) is 0 Å². The fraction of sp³-hybridized carbons (Fsp3) is 0.182. The number of hydrogen-bond donors (Lipinski definition) is 0. The van der Waals surface area contributed by atoms with Gasteiger partial charge in [-0.2, -0.15) is 0 Å². The van der Waals surface area contributed by atoms with Crippen molar-refractivity contribution >= 4 is 49.3 Å². The fourth-order valence-corrected chi connectivity index (χ4v) is 2.86. The van der Waals surface area contributed by atoms with E-state index in [2.05, 4.69) is 43.5 Å². The van der Waals surface area contributed by atoms with Crippen LogP contribution in [0.1, 0.15) is 0 Å². The molecule has 1 heterocycles. The number of aromatic nitrogens is 1. The molecule has 1 aromatic carbocycles. The highest BCUT2D eigenvalue weighted by Crippen LogP contribution is 2.41. The minimum Gasteiger partial charge on any atom is -0.496 e. The Balaban J connectivity index is 2.94. The maximum absolute atomic E-state index is 5.40. The molecule has 0 saturated carbocycles. The van der Waals surface area contributed by atoms with E-state index in [0.717, 1.165) is 30.3 Å². The molecule has 0 unspecified atom stereocenters. The first kappa shape index (κ1) is 11.9. The molecule has 0 aliphatic carbocycles. The van der Waals surface area contributed by atoms with Crippen molar-refractivity contribution in [2.45, 2.75) is 0 Å². The van der Waals surface area contributed by atoms with Crippen LogP contribution in [0.2, 0.25) is 0 Å². The van der Waals surface area contributed by atoms with Crippen LogP contribution in [0.3, 0.4) is 0 Å². The number of halogens is 2. The monoisotopic (exact) mass is 393 g/mol. The van der Waals surface area contributed by atoms with Gasteiger partial charge in [-0.3, -0.25) is 4.98 Å². The molecular weight excluding hydrogens is 385 g/mol. The average molecular weight is 394 g/mol. The highest BCUT2D eigenvalue weighted by atomic mass is 127. The van der Waals surface area contributed by atoms with Gasteiger partial charge in [0.25, 0.3) is 0 Å². The van der Waals surface area contributed by atoms with E-state index >= 15 is 0 Å². The van der Waals surface area contributed by atoms with Gasteiger partial charge in [0.2, 0.25) is 0 Å². The topological polar surface area (TPSA) is 31.4 Å². The van der Waals surface area contributed by atoms with Crippen LogP contribution in [0.25, 0.3) is 10.8 Å². The molecule has 2 aromatic rings. The van der Waals surface area contributed by atoms with Gasteiger partial charge in [0.15, 0.2) is 0 Å². The highest BCUT2D eigenvalue weighted by molar-refractivity contribution is 14.1. The van der Waals surface area contributed by atoms with Gasteiger partial charge >= 0.3 is 0 Å². The summed E-state index contributed by atoms with van der Waals surface area (Å²) in [7, 11) is 3.30. The summed E-state index contributed by atoms with van der Waals surface area (Å²) < 4.78 is 12.6. The largest absolute Gasteiger partial charge is 0.496 e. The molecular formula is C11H9BrINO2. The summed E-state index contributed by atoms with van der Waals surface area (Å²) in [6.07, 6.45) is 3.59. The molecule has 1 aromatic heterocycles. The summed E-state index contributed by atoms with van der Waals surface area (Å²) in [5.41, 5.74) is 0. The van der Waals surface area contributed by atoms with E-state index in [1.54, 1.807) is 26.6 Å². The van der Waals surface area contributed by atoms with Gasteiger partial charge in [0.05, 0.1) is 18.7 Å². The van der Waals surface area contributed by atoms with Gasteiger partial charge in [-0.05, 0) is 44.6 Å². The third kappa shape index (κ3) is 1.86. The zero-order chi connectivity index (χ0) is 11.7. The van der Waals surface area contributed by atoms with Gasteiger partial charge in [-0.25, -0.2) is 0 Å². The fourth-order valence-electron chi connectivity index (χ4n) is 1.60. The summed E-state index contributed by atoms with van der Waals surface area (Å²) in [5, 5.41) is 1.97. The van der Waals surface area contributed by atoms with Crippen LogP contribution in [-0.4, -0.2) is 19.2 Å². The van der Waals surface area contributed by atoms with Crippen LogP contribution >= 0.6 is 38.5 Å². The number of rotatable bonds is 2. The summed E-state index contributed by atoms with van der Waals surface area (Å²) >= 11 is 5.71. The van der Waals surface area contributed by atoms with Gasteiger partial charge in [-0.15, -0.1) is 0 Å². The minimum absolute atomic E-state index is 0.786. The number of pyridine rings is 1. The number of benzene rings is 1. The number of ether oxygens (including phenoxy) is 2. The first-order valence-electron chi connectivity index (χ1n) is 4.52. The van der Waals surface area contributed by atoms with Crippen molar-refractivity contribution in [3.05, 3.63) is 26.5 Å². The van der Waals surface area contributed by atoms with Crippen molar-refractivity contribution in [2.75, 3.05) is 14.2 Å². The van der Waals surface area contributed by atoms with E-state index in [0.29, 0.717) is 0 Å². The van der Waals surface area contributed by atoms with Crippen molar-refractivity contribution in [1.29, 1.82) is 0 Å². The lowest BCUT2D eigenvalue weighted by Gasteiger charge is -2.12. The van der Waals surface area contributed by atoms with Crippen molar-refractivity contribution in [3.8, 4) is 11.5 Å². The molecule has 0 atom stereocenters. The average Bonchev–Trinajstić information content (AvgIpc) is 2.29. The van der Waals surface area contributed by atoms with E-state index in [-0.39, 0.29) is 0 Å². The number of hydrogen-bond acceptors (Lipinski definition) is 3. The van der Waals surface area contributed by atoms with Crippen LogP contribution in [0.15, 0.2) is 22.9 Å². The predicted molar refractivity (Wildman–Crippen MR) is 75.3 cm³/mol. The molecule has 0 saturated heterocycles. The zero-order valence-corrected chi connectivity index (χ0v) is 12.5. The lowest BCUT2D eigenvalue weighted by molar-refractivity contribution is 0.408. The minimum atomic E-state index is 0.786. The number of fused-ring (bicyclic) bond motifs is 1. The standard InChI is InChI=1S/C11H9BrINO2/c1-15-9-3-7(12)11(16-2)10-6(9)4-14-5-8(10)13/h3-5H,1-2H3. The van der Waals surface area contributed by atoms with Crippen molar-refractivity contribution in [2.24, 2.45) is 0 Å². The molecule has 16 heavy (non-hydrogen) atoms. The Kier molecular flexibility index (Phi) is 3.53. The van der Waals surface area contributed by atoms with E-state index < -0.39 is 0 Å². The molecule has 0 N–H and O–H groups in total. The van der Waals surface area contributed by atoms with Gasteiger partial charge in [0, 0.05) is 26.7 Å². The Morgan fingerprint density at radius 3 is 2.62 bits per heavy atom. The normalized spacial score (nSPS) is 10.5. The highest BCUT2D eigenvalue weighted by Gasteiger charge is 2.14. The van der Waals surface area contributed by atoms with E-state index in [9.17, 15) is 0 Å². The zero-order valence-electron chi connectivity index (χ0n) is 8.75. The van der Waals surface area contributed by atoms with Gasteiger partial charge in [0.1, 0.15) is 11.5 Å². The molecule has 0 aliphatic rings. The maximum Gasteiger partial charge on any atom is 0.142 e. The predicted octanol–water partition coefficient (Wildman–Crippen LogP) is 3.62. The summed E-state index contributed by atoms with van der Waals surface area (Å²) in [5.74, 6) is 1.59. The van der Waals surface area contributed by atoms with Crippen LogP contribution < -0.4 is 9.47 Å².